The molecule has 1 aromatic heterocycles. The molecule has 2 aromatic rings. The number of anilines is 1. The van der Waals surface area contributed by atoms with E-state index in [2.05, 4.69) is 5.32 Å². The molecule has 0 unspecified atom stereocenters. The summed E-state index contributed by atoms with van der Waals surface area (Å²) in [6, 6.07) is 4.00. The molecule has 132 valence electrons. The van der Waals surface area contributed by atoms with E-state index in [4.69, 9.17) is 13.9 Å². The number of benzene rings is 1. The molecule has 0 radical (unpaired) electrons. The van der Waals surface area contributed by atoms with Crippen LogP contribution in [-0.2, 0) is 6.42 Å². The molecule has 0 fully saturated rings. The Hall–Kier alpha value is -2.83. The maximum atomic E-state index is 13.9. The fourth-order valence-electron chi connectivity index (χ4n) is 2.86. The summed E-state index contributed by atoms with van der Waals surface area (Å²) in [5, 5.41) is 2.29. The molecule has 1 aliphatic rings. The minimum Gasteiger partial charge on any atom is -0.497 e. The zero-order chi connectivity index (χ0) is 18.2. The molecule has 6 nitrogen and oxygen atoms in total. The lowest BCUT2D eigenvalue weighted by Crippen LogP contribution is -2.27. The Kier molecular flexibility index (Phi) is 4.24. The van der Waals surface area contributed by atoms with Crippen LogP contribution in [0.2, 0.25) is 0 Å². The van der Waals surface area contributed by atoms with Gasteiger partial charge in [-0.2, -0.15) is 0 Å². The van der Waals surface area contributed by atoms with Crippen molar-refractivity contribution in [3.05, 3.63) is 41.6 Å². The number of ether oxygens (including phenoxy) is 2. The molecule has 0 saturated carbocycles. The minimum absolute atomic E-state index is 0.0434. The normalized spacial score (nSPS) is 15.4. The van der Waals surface area contributed by atoms with Gasteiger partial charge < -0.3 is 13.9 Å². The van der Waals surface area contributed by atoms with Gasteiger partial charge in [0.1, 0.15) is 23.3 Å². The van der Waals surface area contributed by atoms with Gasteiger partial charge in [0, 0.05) is 18.9 Å². The summed E-state index contributed by atoms with van der Waals surface area (Å²) in [7, 11) is 1.41. The third-order valence-electron chi connectivity index (χ3n) is 4.01. The van der Waals surface area contributed by atoms with Gasteiger partial charge in [0.05, 0.1) is 12.8 Å². The second-order valence-electron chi connectivity index (χ2n) is 6.70. The van der Waals surface area contributed by atoms with Gasteiger partial charge in [0.15, 0.2) is 17.3 Å². The van der Waals surface area contributed by atoms with E-state index >= 15 is 0 Å². The summed E-state index contributed by atoms with van der Waals surface area (Å²) in [5.41, 5.74) is 0.0218. The van der Waals surface area contributed by atoms with E-state index in [0.717, 1.165) is 6.07 Å². The van der Waals surface area contributed by atoms with E-state index < -0.39 is 11.9 Å². The van der Waals surface area contributed by atoms with E-state index in [1.807, 2.05) is 13.8 Å². The van der Waals surface area contributed by atoms with Crippen molar-refractivity contribution in [3.63, 3.8) is 0 Å². The summed E-state index contributed by atoms with van der Waals surface area (Å²) in [5.74, 6) is 0.0666. The van der Waals surface area contributed by atoms with E-state index in [9.17, 15) is 14.0 Å². The van der Waals surface area contributed by atoms with Gasteiger partial charge in [-0.05, 0) is 17.5 Å². The highest BCUT2D eigenvalue weighted by Crippen LogP contribution is 2.39. The molecule has 7 heteroatoms. The number of ketones is 1. The fraction of sp³-hybridized carbons (Fsp3) is 0.333. The molecule has 1 amide bonds. The molecular formula is C18H18FNO5. The average Bonchev–Trinajstić information content (AvgIpc) is 2.90. The minimum atomic E-state index is -0.912. The Balaban J connectivity index is 1.75. The van der Waals surface area contributed by atoms with Crippen molar-refractivity contribution in [2.75, 3.05) is 12.4 Å². The highest BCUT2D eigenvalue weighted by Gasteiger charge is 2.36. The van der Waals surface area contributed by atoms with Crippen LogP contribution in [0.15, 0.2) is 28.9 Å². The van der Waals surface area contributed by atoms with Crippen molar-refractivity contribution in [2.45, 2.75) is 26.7 Å². The SMILES string of the molecule is COc1ccc(NC(=O)Oc2coc3c2C(=O)CC(C)(C)C3)c(F)c1. The number of amides is 1. The number of furan rings is 1. The van der Waals surface area contributed by atoms with Crippen LogP contribution in [0.1, 0.15) is 36.4 Å². The lowest BCUT2D eigenvalue weighted by atomic mass is 9.76. The summed E-state index contributed by atoms with van der Waals surface area (Å²) in [6.45, 7) is 3.94. The lowest BCUT2D eigenvalue weighted by molar-refractivity contribution is 0.0902. The predicted octanol–water partition coefficient (Wildman–Crippen LogP) is 4.19. The second kappa shape index (κ2) is 6.23. The zero-order valence-electron chi connectivity index (χ0n) is 14.1. The van der Waals surface area contributed by atoms with Crippen molar-refractivity contribution in [1.82, 2.24) is 0 Å². The molecule has 25 heavy (non-hydrogen) atoms. The quantitative estimate of drug-likeness (QED) is 0.900. The molecule has 1 heterocycles. The Labute approximate surface area is 143 Å². The van der Waals surface area contributed by atoms with Crippen LogP contribution in [-0.4, -0.2) is 19.0 Å². The van der Waals surface area contributed by atoms with E-state index in [-0.39, 0.29) is 28.2 Å². The van der Waals surface area contributed by atoms with E-state index in [1.54, 1.807) is 0 Å². The third-order valence-corrected chi connectivity index (χ3v) is 4.01. The van der Waals surface area contributed by atoms with Crippen molar-refractivity contribution in [2.24, 2.45) is 5.41 Å². The molecular weight excluding hydrogens is 329 g/mol. The van der Waals surface area contributed by atoms with Gasteiger partial charge >= 0.3 is 6.09 Å². The number of methoxy groups -OCH3 is 1. The molecule has 0 spiro atoms. The van der Waals surface area contributed by atoms with Crippen LogP contribution >= 0.6 is 0 Å². The Morgan fingerprint density at radius 1 is 1.32 bits per heavy atom. The van der Waals surface area contributed by atoms with E-state index in [1.165, 1.54) is 25.5 Å². The largest absolute Gasteiger partial charge is 0.497 e. The molecule has 1 aliphatic carbocycles. The first kappa shape index (κ1) is 17.0. The summed E-state index contributed by atoms with van der Waals surface area (Å²) in [4.78, 5) is 24.3. The first-order valence-corrected chi connectivity index (χ1v) is 7.75. The molecule has 3 rings (SSSR count). The van der Waals surface area contributed by atoms with Crippen LogP contribution < -0.4 is 14.8 Å². The molecule has 0 atom stereocenters. The van der Waals surface area contributed by atoms with Crippen molar-refractivity contribution in [1.29, 1.82) is 0 Å². The molecule has 0 saturated heterocycles. The van der Waals surface area contributed by atoms with Crippen LogP contribution in [0.25, 0.3) is 0 Å². The zero-order valence-corrected chi connectivity index (χ0v) is 14.1. The topological polar surface area (TPSA) is 77.8 Å². The Morgan fingerprint density at radius 3 is 2.76 bits per heavy atom. The number of rotatable bonds is 3. The van der Waals surface area contributed by atoms with E-state index in [0.29, 0.717) is 24.4 Å². The number of Topliss-reactive ketones (excluding diaryl/α,β-unsaturated/α-hetero) is 1. The number of carbonyl (C=O) groups excluding carboxylic acids is 2. The Bertz CT molecular complexity index is 840. The van der Waals surface area contributed by atoms with Crippen LogP contribution in [0.3, 0.4) is 0 Å². The molecule has 0 bridgehead atoms. The monoisotopic (exact) mass is 347 g/mol. The first-order chi connectivity index (χ1) is 11.8. The van der Waals surface area contributed by atoms with Gasteiger partial charge in [0.25, 0.3) is 0 Å². The number of hydrogen-bond acceptors (Lipinski definition) is 5. The van der Waals surface area contributed by atoms with Crippen LogP contribution in [0, 0.1) is 11.2 Å². The number of hydrogen-bond donors (Lipinski definition) is 1. The third kappa shape index (κ3) is 3.50. The Morgan fingerprint density at radius 2 is 2.08 bits per heavy atom. The number of carbonyl (C=O) groups is 2. The first-order valence-electron chi connectivity index (χ1n) is 7.75. The van der Waals surface area contributed by atoms with Gasteiger partial charge in [0.2, 0.25) is 0 Å². The van der Waals surface area contributed by atoms with Crippen molar-refractivity contribution < 1.29 is 27.9 Å². The van der Waals surface area contributed by atoms with Gasteiger partial charge in [-0.3, -0.25) is 10.1 Å². The lowest BCUT2D eigenvalue weighted by Gasteiger charge is -2.27. The number of halogens is 1. The van der Waals surface area contributed by atoms with Gasteiger partial charge in [-0.15, -0.1) is 0 Å². The van der Waals surface area contributed by atoms with Gasteiger partial charge in [-0.1, -0.05) is 13.8 Å². The summed E-state index contributed by atoms with van der Waals surface area (Å²) < 4.78 is 29.3. The highest BCUT2D eigenvalue weighted by molar-refractivity contribution is 6.02. The molecule has 0 aliphatic heterocycles. The highest BCUT2D eigenvalue weighted by atomic mass is 19.1. The maximum Gasteiger partial charge on any atom is 0.417 e. The predicted molar refractivity (Wildman–Crippen MR) is 87.7 cm³/mol. The van der Waals surface area contributed by atoms with Crippen molar-refractivity contribution >= 4 is 17.6 Å². The van der Waals surface area contributed by atoms with Crippen LogP contribution in [0.5, 0.6) is 11.5 Å². The maximum absolute atomic E-state index is 13.9. The fourth-order valence-corrected chi connectivity index (χ4v) is 2.86. The molecule has 1 aromatic carbocycles. The van der Waals surface area contributed by atoms with Crippen LogP contribution in [0.4, 0.5) is 14.9 Å². The molecule has 1 N–H and O–H groups in total. The number of nitrogens with one attached hydrogen (secondary N) is 1. The number of fused-ring (bicyclic) bond motifs is 1. The second-order valence-corrected chi connectivity index (χ2v) is 6.70. The van der Waals surface area contributed by atoms with Crippen molar-refractivity contribution in [3.8, 4) is 11.5 Å². The van der Waals surface area contributed by atoms with Gasteiger partial charge in [-0.25, -0.2) is 9.18 Å². The standard InChI is InChI=1S/C18H18FNO5/c1-18(2)7-13(21)16-14(8-18)24-9-15(16)25-17(22)20-12-5-4-10(23-3)6-11(12)19/h4-6,9H,7-8H2,1-3H3,(H,20,22). The summed E-state index contributed by atoms with van der Waals surface area (Å²) >= 11 is 0. The summed E-state index contributed by atoms with van der Waals surface area (Å²) in [6.07, 6.45) is 1.23. The average molecular weight is 347 g/mol. The smallest absolute Gasteiger partial charge is 0.417 e.